The van der Waals surface area contributed by atoms with Crippen LogP contribution in [0.1, 0.15) is 11.1 Å². The Kier molecular flexibility index (Phi) is 10.3. The first-order chi connectivity index (χ1) is 13.8. The Hall–Kier alpha value is -0.712. The van der Waals surface area contributed by atoms with E-state index in [1.54, 1.807) is 26.4 Å². The maximum atomic E-state index is 12.4. The second-order valence-electron chi connectivity index (χ2n) is 6.06. The molecule has 5 nitrogen and oxygen atoms in total. The molecule has 0 bridgehead atoms. The Morgan fingerprint density at radius 3 is 2.10 bits per heavy atom. The van der Waals surface area contributed by atoms with Gasteiger partial charge in [0.15, 0.2) is 0 Å². The van der Waals surface area contributed by atoms with Crippen molar-refractivity contribution in [2.45, 2.75) is 13.1 Å². The van der Waals surface area contributed by atoms with Gasteiger partial charge in [0.25, 0.3) is 0 Å². The minimum atomic E-state index is -0.179. The largest absolute Gasteiger partial charge is 0.207 e. The maximum absolute atomic E-state index is 12.4. The van der Waals surface area contributed by atoms with Crippen molar-refractivity contribution in [1.29, 1.82) is 0 Å². The molecule has 0 saturated heterocycles. The summed E-state index contributed by atoms with van der Waals surface area (Å²) in [7, 11) is 5.33. The van der Waals surface area contributed by atoms with Crippen molar-refractivity contribution in [2.75, 3.05) is 14.2 Å². The number of benzene rings is 2. The molecule has 0 aliphatic heterocycles. The molecule has 9 heteroatoms. The van der Waals surface area contributed by atoms with Crippen molar-refractivity contribution in [1.82, 2.24) is 10.5 Å². The van der Waals surface area contributed by atoms with Crippen molar-refractivity contribution in [3.05, 3.63) is 75.6 Å². The van der Waals surface area contributed by atoms with Gasteiger partial charge < -0.3 is 0 Å². The molecule has 0 amide bonds. The summed E-state index contributed by atoms with van der Waals surface area (Å²) in [5.41, 5.74) is 2.30. The maximum Gasteiger partial charge on any atom is 0.123 e. The smallest absolute Gasteiger partial charge is 0.123 e. The molecule has 0 saturated carbocycles. The van der Waals surface area contributed by atoms with Crippen LogP contribution in [0.15, 0.2) is 54.9 Å². The number of aryl methyl sites for hydroxylation is 1. The van der Waals surface area contributed by atoms with E-state index in [1.807, 2.05) is 26.7 Å². The molecule has 1 aromatic heterocycles. The van der Waals surface area contributed by atoms with Crippen molar-refractivity contribution < 1.29 is 33.2 Å². The molecule has 29 heavy (non-hydrogen) atoms. The van der Waals surface area contributed by atoms with E-state index in [0.29, 0.717) is 0 Å². The van der Waals surface area contributed by atoms with Gasteiger partial charge in [0.1, 0.15) is 5.82 Å². The fraction of sp³-hybridized carbons (Fsp3) is 0.250. The molecular weight excluding hydrogens is 782 g/mol. The number of hydrogen-bond donors (Lipinski definition) is 0. The molecular formula is C20H22FI2N3O2Pt. The van der Waals surface area contributed by atoms with E-state index in [0.717, 1.165) is 30.2 Å². The summed E-state index contributed by atoms with van der Waals surface area (Å²) < 4.78 is 30.4. The summed E-state index contributed by atoms with van der Waals surface area (Å²) in [6.45, 7) is 1.65. The minimum absolute atomic E-state index is 0.179. The van der Waals surface area contributed by atoms with Gasteiger partial charge in [0, 0.05) is 52.3 Å². The van der Waals surface area contributed by atoms with Gasteiger partial charge in [-0.1, -0.05) is 12.1 Å². The van der Waals surface area contributed by atoms with E-state index in [9.17, 15) is 4.39 Å². The number of rotatable bonds is 6. The average Bonchev–Trinajstić information content (AvgIpc) is 3.02. The number of hydrogen-bond acceptors (Lipinski definition) is 3. The molecule has 0 spiro atoms. The van der Waals surface area contributed by atoms with E-state index in [1.165, 1.54) is 21.5 Å². The molecule has 0 unspecified atom stereocenters. The second-order valence-corrected chi connectivity index (χ2v) is 11.2. The molecule has 3 rings (SSSR count). The van der Waals surface area contributed by atoms with Crippen LogP contribution in [0.4, 0.5) is 4.39 Å². The zero-order valence-electron chi connectivity index (χ0n) is 16.2. The van der Waals surface area contributed by atoms with E-state index < -0.39 is 0 Å². The summed E-state index contributed by atoms with van der Waals surface area (Å²) in [4.78, 5) is 0. The van der Waals surface area contributed by atoms with Gasteiger partial charge in [-0.2, -0.15) is 1.33 Å². The monoisotopic (exact) mass is 804 g/mol. The summed E-state index contributed by atoms with van der Waals surface area (Å²) in [5, 5.41) is 0. The molecule has 0 aliphatic carbocycles. The second kappa shape index (κ2) is 12.2. The van der Waals surface area contributed by atoms with Gasteiger partial charge in [0.05, 0.1) is 0 Å². The molecule has 3 aromatic rings. The summed E-state index contributed by atoms with van der Waals surface area (Å²) in [6.07, 6.45) is 4.11. The first-order valence-corrected chi connectivity index (χ1v) is 11.6. The van der Waals surface area contributed by atoms with Crippen molar-refractivity contribution in [3.63, 3.8) is 0 Å². The molecule has 0 aliphatic rings. The zero-order valence-corrected chi connectivity index (χ0v) is 22.8. The molecule has 0 fully saturated rings. The number of aromatic nitrogens is 2. The van der Waals surface area contributed by atoms with Crippen molar-refractivity contribution in [2.24, 2.45) is 7.05 Å². The third-order valence-electron chi connectivity index (χ3n) is 3.97. The SMILES string of the molecule is COc1ccc(Cn2ccn(C)[c]2=[Pt])cc1OC.Fc1ccc(CN(I)I)cc1. The van der Waals surface area contributed by atoms with Gasteiger partial charge in [0.2, 0.25) is 0 Å². The van der Waals surface area contributed by atoms with Crippen LogP contribution >= 0.6 is 45.7 Å². The first-order valence-electron chi connectivity index (χ1n) is 8.55. The molecule has 0 atom stereocenters. The Balaban J connectivity index is 0.000000234. The van der Waals surface area contributed by atoms with Gasteiger partial charge >= 0.3 is 117 Å². The molecule has 0 radical (unpaired) electrons. The number of ether oxygens (including phenoxy) is 2. The molecule has 1 heterocycles. The van der Waals surface area contributed by atoms with Crippen LogP contribution in [0.25, 0.3) is 0 Å². The van der Waals surface area contributed by atoms with Crippen LogP contribution in [-0.4, -0.2) is 24.7 Å². The summed E-state index contributed by atoms with van der Waals surface area (Å²) >= 11 is 6.67. The predicted molar refractivity (Wildman–Crippen MR) is 125 cm³/mol. The third-order valence-corrected chi connectivity index (χ3v) is 6.11. The fourth-order valence-corrected chi connectivity index (χ4v) is 3.82. The standard InChI is InChI=1S/C13H16N2O2.C7H6FI2N.Pt/c1-14-6-7-15(10-14)9-11-4-5-12(16-2)13(8-11)17-3;8-7-3-1-6(2-4-7)5-11(9)10;/h4-8H,9H2,1-3H3;1-4H,5H2;. The van der Waals surface area contributed by atoms with Crippen LogP contribution < -0.4 is 9.47 Å². The van der Waals surface area contributed by atoms with Crippen LogP contribution in [0.2, 0.25) is 0 Å². The Bertz CT molecular complexity index is 975. The van der Waals surface area contributed by atoms with Crippen LogP contribution in [0.3, 0.4) is 0 Å². The minimum Gasteiger partial charge on any atom is -0.207 e. The van der Waals surface area contributed by atoms with Crippen molar-refractivity contribution >= 4 is 45.7 Å². The normalized spacial score (nSPS) is 10.5. The molecule has 0 N–H and O–H groups in total. The van der Waals surface area contributed by atoms with Gasteiger partial charge in [-0.25, -0.2) is 4.39 Å². The van der Waals surface area contributed by atoms with Crippen molar-refractivity contribution in [3.8, 4) is 11.5 Å². The number of halogens is 3. The topological polar surface area (TPSA) is 31.6 Å². The van der Waals surface area contributed by atoms with E-state index in [2.05, 4.69) is 86.5 Å². The van der Waals surface area contributed by atoms with Crippen LogP contribution in [-0.2, 0) is 39.5 Å². The summed E-state index contributed by atoms with van der Waals surface area (Å²) in [6, 6.07) is 12.5. The Morgan fingerprint density at radius 2 is 1.59 bits per heavy atom. The van der Waals surface area contributed by atoms with E-state index in [4.69, 9.17) is 9.47 Å². The predicted octanol–water partition coefficient (Wildman–Crippen LogP) is 5.30. The number of imidazole rings is 1. The third kappa shape index (κ3) is 7.80. The molecule has 2 aromatic carbocycles. The van der Waals surface area contributed by atoms with Gasteiger partial charge in [-0.05, 0) is 17.7 Å². The van der Waals surface area contributed by atoms with E-state index in [-0.39, 0.29) is 5.82 Å². The first kappa shape index (κ1) is 24.6. The number of nitrogens with zero attached hydrogens (tertiary/aromatic N) is 3. The number of methoxy groups -OCH3 is 2. The zero-order chi connectivity index (χ0) is 21.4. The quantitative estimate of drug-likeness (QED) is 0.251. The van der Waals surface area contributed by atoms with Gasteiger partial charge in [-0.3, -0.25) is 0 Å². The Morgan fingerprint density at radius 1 is 0.966 bits per heavy atom. The Labute approximate surface area is 209 Å². The van der Waals surface area contributed by atoms with Crippen LogP contribution in [0, 0.1) is 9.62 Å². The molecule has 160 valence electrons. The summed E-state index contributed by atoms with van der Waals surface area (Å²) in [5.74, 6) is 1.35. The van der Waals surface area contributed by atoms with Crippen LogP contribution in [0.5, 0.6) is 11.5 Å². The fourth-order valence-electron chi connectivity index (χ4n) is 2.51. The van der Waals surface area contributed by atoms with E-state index >= 15 is 0 Å². The van der Waals surface area contributed by atoms with Gasteiger partial charge in [-0.15, -0.1) is 0 Å². The average molecular weight is 804 g/mol.